The van der Waals surface area contributed by atoms with E-state index >= 15 is 0 Å². The summed E-state index contributed by atoms with van der Waals surface area (Å²) < 4.78 is 26.0. The Labute approximate surface area is 178 Å². The molecule has 0 heterocycles. The van der Waals surface area contributed by atoms with Crippen LogP contribution in [0.1, 0.15) is 12.5 Å². The lowest BCUT2D eigenvalue weighted by Crippen LogP contribution is -2.36. The molecule has 0 atom stereocenters. The lowest BCUT2D eigenvalue weighted by Gasteiger charge is -2.16. The van der Waals surface area contributed by atoms with E-state index in [1.165, 1.54) is 44.5 Å². The molecule has 0 unspecified atom stereocenters. The third-order valence-electron chi connectivity index (χ3n) is 3.60. The van der Waals surface area contributed by atoms with Crippen LogP contribution in [0.3, 0.4) is 0 Å². The first-order chi connectivity index (χ1) is 13.6. The zero-order valence-electron chi connectivity index (χ0n) is 15.5. The van der Waals surface area contributed by atoms with Crippen LogP contribution in [0.5, 0.6) is 0 Å². The van der Waals surface area contributed by atoms with Gasteiger partial charge in [0.2, 0.25) is 15.9 Å². The molecule has 0 bridgehead atoms. The molecule has 0 aliphatic heterocycles. The molecule has 2 aromatic carbocycles. The number of anilines is 1. The summed E-state index contributed by atoms with van der Waals surface area (Å²) in [7, 11) is -2.61. The summed E-state index contributed by atoms with van der Waals surface area (Å²) in [6.07, 6.45) is 1.36. The molecule has 0 spiro atoms. The average Bonchev–Trinajstić information content (AvgIpc) is 2.64. The van der Waals surface area contributed by atoms with Crippen LogP contribution in [0.4, 0.5) is 5.69 Å². The van der Waals surface area contributed by atoms with Gasteiger partial charge in [-0.05, 0) is 42.0 Å². The SMILES string of the molecule is CC(=O)Nc1ccc(S(=O)(=O)N(C)CC(=O)N/N=C/c2ccc(Cl)c(Cl)c2)cc1. The van der Waals surface area contributed by atoms with E-state index in [-0.39, 0.29) is 10.8 Å². The van der Waals surface area contributed by atoms with Crippen molar-refractivity contribution in [3.8, 4) is 0 Å². The summed E-state index contributed by atoms with van der Waals surface area (Å²) in [6.45, 7) is 0.912. The first-order valence-electron chi connectivity index (χ1n) is 8.20. The molecular weight excluding hydrogens is 439 g/mol. The summed E-state index contributed by atoms with van der Waals surface area (Å²) >= 11 is 11.7. The van der Waals surface area contributed by atoms with Crippen LogP contribution in [0.25, 0.3) is 0 Å². The van der Waals surface area contributed by atoms with Crippen molar-refractivity contribution in [3.05, 3.63) is 58.1 Å². The highest BCUT2D eigenvalue weighted by atomic mass is 35.5. The largest absolute Gasteiger partial charge is 0.326 e. The van der Waals surface area contributed by atoms with Crippen molar-refractivity contribution in [3.63, 3.8) is 0 Å². The Balaban J connectivity index is 1.97. The van der Waals surface area contributed by atoms with Gasteiger partial charge in [-0.15, -0.1) is 0 Å². The number of halogens is 2. The van der Waals surface area contributed by atoms with Crippen LogP contribution in [-0.4, -0.2) is 44.3 Å². The minimum absolute atomic E-state index is 0.0128. The fourth-order valence-electron chi connectivity index (χ4n) is 2.19. The Morgan fingerprint density at radius 1 is 1.10 bits per heavy atom. The van der Waals surface area contributed by atoms with Gasteiger partial charge in [-0.3, -0.25) is 9.59 Å². The topological polar surface area (TPSA) is 108 Å². The van der Waals surface area contributed by atoms with Gasteiger partial charge < -0.3 is 5.32 Å². The minimum atomic E-state index is -3.89. The zero-order valence-corrected chi connectivity index (χ0v) is 17.8. The second-order valence-corrected chi connectivity index (χ2v) is 8.79. The van der Waals surface area contributed by atoms with E-state index in [0.717, 1.165) is 4.31 Å². The molecule has 0 fully saturated rings. The van der Waals surface area contributed by atoms with Crippen LogP contribution in [-0.2, 0) is 19.6 Å². The molecule has 0 radical (unpaired) electrons. The van der Waals surface area contributed by atoms with Crippen molar-refractivity contribution < 1.29 is 18.0 Å². The predicted molar refractivity (Wildman–Crippen MR) is 113 cm³/mol. The lowest BCUT2D eigenvalue weighted by molar-refractivity contribution is -0.121. The van der Waals surface area contributed by atoms with E-state index in [0.29, 0.717) is 21.3 Å². The Bertz CT molecular complexity index is 1040. The standard InChI is InChI=1S/C18H18Cl2N4O4S/c1-12(25)22-14-4-6-15(7-5-14)29(27,28)24(2)11-18(26)23-21-10-13-3-8-16(19)17(20)9-13/h3-10H,11H2,1-2H3,(H,22,25)(H,23,26)/b21-10+. The summed E-state index contributed by atoms with van der Waals surface area (Å²) in [4.78, 5) is 23.0. The number of hydrogen-bond donors (Lipinski definition) is 2. The smallest absolute Gasteiger partial charge is 0.255 e. The van der Waals surface area contributed by atoms with Crippen LogP contribution in [0.15, 0.2) is 52.5 Å². The van der Waals surface area contributed by atoms with Crippen molar-refractivity contribution in [2.75, 3.05) is 18.9 Å². The van der Waals surface area contributed by atoms with E-state index in [4.69, 9.17) is 23.2 Å². The van der Waals surface area contributed by atoms with Gasteiger partial charge in [0.05, 0.1) is 27.7 Å². The number of likely N-dealkylation sites (N-methyl/N-ethyl adjacent to an activating group) is 1. The summed E-state index contributed by atoms with van der Waals surface area (Å²) in [5.41, 5.74) is 3.33. The van der Waals surface area contributed by atoms with Gasteiger partial charge in [-0.1, -0.05) is 29.3 Å². The number of carbonyl (C=O) groups excluding carboxylic acids is 2. The number of carbonyl (C=O) groups is 2. The minimum Gasteiger partial charge on any atom is -0.326 e. The molecule has 0 saturated heterocycles. The van der Waals surface area contributed by atoms with Crippen molar-refractivity contribution in [2.24, 2.45) is 5.10 Å². The second-order valence-electron chi connectivity index (χ2n) is 5.93. The van der Waals surface area contributed by atoms with Gasteiger partial charge in [0.15, 0.2) is 0 Å². The normalized spacial score (nSPS) is 11.6. The van der Waals surface area contributed by atoms with E-state index in [1.807, 2.05) is 0 Å². The predicted octanol–water partition coefficient (Wildman–Crippen LogP) is 2.72. The van der Waals surface area contributed by atoms with Gasteiger partial charge in [0.1, 0.15) is 0 Å². The number of rotatable bonds is 7. The third-order valence-corrected chi connectivity index (χ3v) is 6.15. The van der Waals surface area contributed by atoms with E-state index < -0.39 is 22.5 Å². The van der Waals surface area contributed by atoms with Gasteiger partial charge in [-0.25, -0.2) is 13.8 Å². The number of sulfonamides is 1. The molecule has 154 valence electrons. The van der Waals surface area contributed by atoms with Crippen molar-refractivity contribution in [2.45, 2.75) is 11.8 Å². The van der Waals surface area contributed by atoms with Crippen LogP contribution in [0, 0.1) is 0 Å². The molecule has 2 aromatic rings. The Hall–Kier alpha value is -2.46. The molecule has 2 N–H and O–H groups in total. The first-order valence-corrected chi connectivity index (χ1v) is 10.4. The van der Waals surface area contributed by atoms with Crippen molar-refractivity contribution >= 4 is 56.9 Å². The molecule has 0 aromatic heterocycles. The van der Waals surface area contributed by atoms with Gasteiger partial charge >= 0.3 is 0 Å². The molecule has 0 saturated carbocycles. The molecule has 8 nitrogen and oxygen atoms in total. The lowest BCUT2D eigenvalue weighted by atomic mass is 10.2. The number of nitrogens with zero attached hydrogens (tertiary/aromatic N) is 2. The van der Waals surface area contributed by atoms with Gasteiger partial charge in [0, 0.05) is 19.7 Å². The maximum Gasteiger partial charge on any atom is 0.255 e. The quantitative estimate of drug-likeness (QED) is 0.492. The molecule has 0 aliphatic rings. The van der Waals surface area contributed by atoms with Crippen molar-refractivity contribution in [1.29, 1.82) is 0 Å². The number of hydrazone groups is 1. The Kier molecular flexibility index (Phi) is 7.74. The number of amides is 2. The van der Waals surface area contributed by atoms with Crippen LogP contribution < -0.4 is 10.7 Å². The molecule has 0 aliphatic carbocycles. The molecule has 2 rings (SSSR count). The molecule has 2 amide bonds. The highest BCUT2D eigenvalue weighted by Crippen LogP contribution is 2.21. The highest BCUT2D eigenvalue weighted by Gasteiger charge is 2.22. The summed E-state index contributed by atoms with van der Waals surface area (Å²) in [6, 6.07) is 10.4. The molecule has 11 heteroatoms. The maximum absolute atomic E-state index is 12.6. The highest BCUT2D eigenvalue weighted by molar-refractivity contribution is 7.89. The summed E-state index contributed by atoms with van der Waals surface area (Å²) in [5, 5.41) is 7.05. The van der Waals surface area contributed by atoms with Crippen LogP contribution in [0.2, 0.25) is 10.0 Å². The monoisotopic (exact) mass is 456 g/mol. The fourth-order valence-corrected chi connectivity index (χ4v) is 3.62. The van der Waals surface area contributed by atoms with Crippen molar-refractivity contribution in [1.82, 2.24) is 9.73 Å². The van der Waals surface area contributed by atoms with Crippen LogP contribution >= 0.6 is 23.2 Å². The third kappa shape index (κ3) is 6.53. The Morgan fingerprint density at radius 2 is 1.76 bits per heavy atom. The summed E-state index contributed by atoms with van der Waals surface area (Å²) in [5.74, 6) is -0.891. The number of hydrogen-bond acceptors (Lipinski definition) is 5. The average molecular weight is 457 g/mol. The maximum atomic E-state index is 12.6. The second kappa shape index (κ2) is 9.84. The Morgan fingerprint density at radius 3 is 2.34 bits per heavy atom. The zero-order chi connectivity index (χ0) is 21.6. The molecule has 29 heavy (non-hydrogen) atoms. The van der Waals surface area contributed by atoms with E-state index in [9.17, 15) is 18.0 Å². The van der Waals surface area contributed by atoms with E-state index in [1.54, 1.807) is 18.2 Å². The number of benzene rings is 2. The van der Waals surface area contributed by atoms with Gasteiger partial charge in [0.25, 0.3) is 5.91 Å². The number of nitrogens with one attached hydrogen (secondary N) is 2. The van der Waals surface area contributed by atoms with E-state index in [2.05, 4.69) is 15.8 Å². The van der Waals surface area contributed by atoms with Gasteiger partial charge in [-0.2, -0.15) is 9.41 Å². The molecular formula is C18H18Cl2N4O4S. The first kappa shape index (κ1) is 22.8. The fraction of sp³-hybridized carbons (Fsp3) is 0.167.